The smallest absolute Gasteiger partial charge is 0.181 e. The summed E-state index contributed by atoms with van der Waals surface area (Å²) in [4.78, 5) is 4.03. The molecule has 0 bridgehead atoms. The molecular weight excluding hydrogens is 233 g/mol. The van der Waals surface area contributed by atoms with Gasteiger partial charge in [0.1, 0.15) is 5.69 Å². The number of alkyl halides is 1. The van der Waals surface area contributed by atoms with Gasteiger partial charge in [-0.3, -0.25) is 0 Å². The lowest BCUT2D eigenvalue weighted by Gasteiger charge is -2.01. The van der Waals surface area contributed by atoms with Gasteiger partial charge >= 0.3 is 0 Å². The lowest BCUT2D eigenvalue weighted by molar-refractivity contribution is 0.571. The zero-order valence-corrected chi connectivity index (χ0v) is 9.64. The number of aryl methyl sites for hydroxylation is 1. The van der Waals surface area contributed by atoms with Gasteiger partial charge in [0.2, 0.25) is 0 Å². The number of nitrogens with zero attached hydrogens (tertiary/aromatic N) is 1. The van der Waals surface area contributed by atoms with E-state index in [1.165, 1.54) is 6.39 Å². The van der Waals surface area contributed by atoms with Gasteiger partial charge in [-0.15, -0.1) is 11.6 Å². The Labute approximate surface area is 97.8 Å². The Morgan fingerprint density at radius 2 is 2.13 bits per heavy atom. The average molecular weight is 242 g/mol. The summed E-state index contributed by atoms with van der Waals surface area (Å²) in [6.45, 7) is 1.98. The molecule has 0 atom stereocenters. The fourth-order valence-electron chi connectivity index (χ4n) is 1.47. The maximum absolute atomic E-state index is 5.97. The molecule has 1 aromatic carbocycles. The van der Waals surface area contributed by atoms with Crippen molar-refractivity contribution in [1.29, 1.82) is 0 Å². The molecule has 0 amide bonds. The van der Waals surface area contributed by atoms with Gasteiger partial charge in [-0.25, -0.2) is 4.98 Å². The van der Waals surface area contributed by atoms with Crippen LogP contribution in [0.5, 0.6) is 0 Å². The van der Waals surface area contributed by atoms with Crippen molar-refractivity contribution < 1.29 is 4.42 Å². The Morgan fingerprint density at radius 3 is 2.80 bits per heavy atom. The van der Waals surface area contributed by atoms with Crippen molar-refractivity contribution in [3.05, 3.63) is 40.9 Å². The Kier molecular flexibility index (Phi) is 2.98. The van der Waals surface area contributed by atoms with E-state index in [9.17, 15) is 0 Å². The maximum Gasteiger partial charge on any atom is 0.181 e. The van der Waals surface area contributed by atoms with Gasteiger partial charge in [-0.05, 0) is 30.7 Å². The molecule has 0 aliphatic carbocycles. The molecule has 0 aliphatic heterocycles. The molecule has 0 saturated heterocycles. The molecule has 15 heavy (non-hydrogen) atoms. The highest BCUT2D eigenvalue weighted by Gasteiger charge is 2.10. The maximum atomic E-state index is 5.97. The van der Waals surface area contributed by atoms with Crippen LogP contribution < -0.4 is 0 Å². The van der Waals surface area contributed by atoms with E-state index in [0.717, 1.165) is 16.8 Å². The van der Waals surface area contributed by atoms with Gasteiger partial charge < -0.3 is 4.42 Å². The third-order valence-electron chi connectivity index (χ3n) is 2.07. The lowest BCUT2D eigenvalue weighted by Crippen LogP contribution is -1.84. The minimum absolute atomic E-state index is 0.331. The summed E-state index contributed by atoms with van der Waals surface area (Å²) < 4.78 is 5.30. The highest BCUT2D eigenvalue weighted by molar-refractivity contribution is 6.31. The summed E-state index contributed by atoms with van der Waals surface area (Å²) >= 11 is 11.7. The average Bonchev–Trinajstić information content (AvgIpc) is 2.63. The van der Waals surface area contributed by atoms with Crippen LogP contribution in [-0.2, 0) is 5.88 Å². The van der Waals surface area contributed by atoms with E-state index >= 15 is 0 Å². The summed E-state index contributed by atoms with van der Waals surface area (Å²) in [5, 5.41) is 0.682. The van der Waals surface area contributed by atoms with Gasteiger partial charge in [-0.2, -0.15) is 0 Å². The Balaban J connectivity index is 2.53. The van der Waals surface area contributed by atoms with Crippen LogP contribution in [0.4, 0.5) is 0 Å². The lowest BCUT2D eigenvalue weighted by atomic mass is 10.1. The van der Waals surface area contributed by atoms with E-state index < -0.39 is 0 Å². The molecule has 78 valence electrons. The fraction of sp³-hybridized carbons (Fsp3) is 0.182. The van der Waals surface area contributed by atoms with E-state index in [-0.39, 0.29) is 0 Å². The highest BCUT2D eigenvalue weighted by Crippen LogP contribution is 2.27. The van der Waals surface area contributed by atoms with Gasteiger partial charge in [0.05, 0.1) is 5.88 Å². The Bertz CT molecular complexity index is 459. The SMILES string of the molecule is Cc1cc(Cl)cc(-c2ocnc2CCl)c1. The third-order valence-corrected chi connectivity index (χ3v) is 2.54. The van der Waals surface area contributed by atoms with Crippen LogP contribution in [0, 0.1) is 6.92 Å². The summed E-state index contributed by atoms with van der Waals surface area (Å²) in [6, 6.07) is 5.72. The van der Waals surface area contributed by atoms with Gasteiger partial charge in [0, 0.05) is 10.6 Å². The van der Waals surface area contributed by atoms with E-state index in [4.69, 9.17) is 27.6 Å². The van der Waals surface area contributed by atoms with E-state index in [1.54, 1.807) is 0 Å². The van der Waals surface area contributed by atoms with Gasteiger partial charge in [0.25, 0.3) is 0 Å². The monoisotopic (exact) mass is 241 g/mol. The first-order valence-corrected chi connectivity index (χ1v) is 5.38. The zero-order chi connectivity index (χ0) is 10.8. The van der Waals surface area contributed by atoms with Crippen molar-refractivity contribution >= 4 is 23.2 Å². The number of hydrogen-bond donors (Lipinski definition) is 0. The van der Waals surface area contributed by atoms with Crippen molar-refractivity contribution in [2.24, 2.45) is 0 Å². The normalized spacial score (nSPS) is 10.6. The molecule has 1 heterocycles. The van der Waals surface area contributed by atoms with Crippen molar-refractivity contribution in [1.82, 2.24) is 4.98 Å². The quantitative estimate of drug-likeness (QED) is 0.742. The van der Waals surface area contributed by atoms with Crippen LogP contribution in [0.15, 0.2) is 29.0 Å². The first-order valence-electron chi connectivity index (χ1n) is 4.46. The molecule has 0 N–H and O–H groups in total. The number of aromatic nitrogens is 1. The summed E-state index contributed by atoms with van der Waals surface area (Å²) in [5.41, 5.74) is 2.72. The van der Waals surface area contributed by atoms with Crippen molar-refractivity contribution in [2.45, 2.75) is 12.8 Å². The second-order valence-corrected chi connectivity index (χ2v) is 3.98. The third kappa shape index (κ3) is 2.16. The van der Waals surface area contributed by atoms with Crippen LogP contribution in [-0.4, -0.2) is 4.98 Å². The molecule has 4 heteroatoms. The van der Waals surface area contributed by atoms with E-state index in [2.05, 4.69) is 4.98 Å². The summed E-state index contributed by atoms with van der Waals surface area (Å²) in [6.07, 6.45) is 1.39. The molecule has 0 unspecified atom stereocenters. The minimum Gasteiger partial charge on any atom is -0.443 e. The van der Waals surface area contributed by atoms with Crippen LogP contribution in [0.1, 0.15) is 11.3 Å². The van der Waals surface area contributed by atoms with Crippen LogP contribution >= 0.6 is 23.2 Å². The number of rotatable bonds is 2. The molecule has 0 aliphatic rings. The Morgan fingerprint density at radius 1 is 1.33 bits per heavy atom. The largest absolute Gasteiger partial charge is 0.443 e. The summed E-state index contributed by atoms with van der Waals surface area (Å²) in [5.74, 6) is 1.02. The highest BCUT2D eigenvalue weighted by atomic mass is 35.5. The van der Waals surface area contributed by atoms with Gasteiger partial charge in [0.15, 0.2) is 12.2 Å². The number of hydrogen-bond acceptors (Lipinski definition) is 2. The molecule has 0 saturated carbocycles. The standard InChI is InChI=1S/C11H9Cl2NO/c1-7-2-8(4-9(13)3-7)11-10(5-12)14-6-15-11/h2-4,6H,5H2,1H3. The molecule has 1 aromatic heterocycles. The zero-order valence-electron chi connectivity index (χ0n) is 8.13. The fourth-order valence-corrected chi connectivity index (χ4v) is 1.95. The first kappa shape index (κ1) is 10.5. The number of oxazole rings is 1. The predicted octanol–water partition coefficient (Wildman–Crippen LogP) is 4.04. The predicted molar refractivity (Wildman–Crippen MR) is 61.2 cm³/mol. The van der Waals surface area contributed by atoms with Gasteiger partial charge in [-0.1, -0.05) is 11.6 Å². The van der Waals surface area contributed by atoms with Crippen LogP contribution in [0.3, 0.4) is 0 Å². The summed E-state index contributed by atoms with van der Waals surface area (Å²) in [7, 11) is 0. The molecule has 0 spiro atoms. The minimum atomic E-state index is 0.331. The van der Waals surface area contributed by atoms with Crippen molar-refractivity contribution in [2.75, 3.05) is 0 Å². The molecule has 2 aromatic rings. The van der Waals surface area contributed by atoms with Crippen LogP contribution in [0.25, 0.3) is 11.3 Å². The molecule has 0 fully saturated rings. The Hall–Kier alpha value is -0.990. The van der Waals surface area contributed by atoms with Crippen molar-refractivity contribution in [3.63, 3.8) is 0 Å². The second kappa shape index (κ2) is 4.25. The van der Waals surface area contributed by atoms with Crippen LogP contribution in [0.2, 0.25) is 5.02 Å². The molecule has 0 radical (unpaired) electrons. The van der Waals surface area contributed by atoms with Crippen molar-refractivity contribution in [3.8, 4) is 11.3 Å². The van der Waals surface area contributed by atoms with E-state index in [1.807, 2.05) is 25.1 Å². The van der Waals surface area contributed by atoms with E-state index in [0.29, 0.717) is 16.7 Å². The number of halogens is 2. The molecule has 2 nitrogen and oxygen atoms in total. The molecular formula is C11H9Cl2NO. The number of benzene rings is 1. The topological polar surface area (TPSA) is 26.0 Å². The second-order valence-electron chi connectivity index (χ2n) is 3.28. The molecule has 2 rings (SSSR count). The first-order chi connectivity index (χ1) is 7.20.